The van der Waals surface area contributed by atoms with Crippen LogP contribution in [0.5, 0.6) is 0 Å². The topological polar surface area (TPSA) is 67.3 Å². The largest absolute Gasteiger partial charge is 0.598 e. The van der Waals surface area contributed by atoms with E-state index in [2.05, 4.69) is 10.0 Å². The molecule has 0 spiro atoms. The van der Waals surface area contributed by atoms with Gasteiger partial charge < -0.3 is 9.66 Å². The lowest BCUT2D eigenvalue weighted by molar-refractivity contribution is 0.111. The zero-order valence-corrected chi connectivity index (χ0v) is 13.5. The molecule has 1 aliphatic rings. The van der Waals surface area contributed by atoms with Crippen molar-refractivity contribution in [3.8, 4) is 0 Å². The van der Waals surface area contributed by atoms with E-state index in [9.17, 15) is 18.4 Å². The van der Waals surface area contributed by atoms with Gasteiger partial charge in [-0.2, -0.15) is 0 Å². The average Bonchev–Trinajstić information content (AvgIpc) is 2.42. The summed E-state index contributed by atoms with van der Waals surface area (Å²) < 4.78 is 40.4. The third-order valence-corrected chi connectivity index (χ3v) is 4.72. The van der Waals surface area contributed by atoms with Crippen LogP contribution >= 0.6 is 0 Å². The molecule has 1 rings (SSSR count). The van der Waals surface area contributed by atoms with E-state index >= 15 is 0 Å². The summed E-state index contributed by atoms with van der Waals surface area (Å²) >= 11 is -1.01. The van der Waals surface area contributed by atoms with Crippen LogP contribution in [0.3, 0.4) is 0 Å². The van der Waals surface area contributed by atoms with Crippen molar-refractivity contribution in [1.82, 2.24) is 10.0 Å². The van der Waals surface area contributed by atoms with E-state index in [1.165, 1.54) is 6.08 Å². The predicted molar refractivity (Wildman–Crippen MR) is 81.4 cm³/mol. The minimum absolute atomic E-state index is 0.0876. The van der Waals surface area contributed by atoms with Crippen LogP contribution in [0, 0.1) is 0 Å². The van der Waals surface area contributed by atoms with Crippen molar-refractivity contribution in [1.29, 1.82) is 0 Å². The van der Waals surface area contributed by atoms with Gasteiger partial charge in [-0.3, -0.25) is 5.32 Å². The SMILES string of the molecule is CC(C)[S+]([O-])NCCCCC(O)NC1C=C(F)C(F)CC1. The fourth-order valence-electron chi connectivity index (χ4n) is 2.11. The highest BCUT2D eigenvalue weighted by atomic mass is 32.2. The van der Waals surface area contributed by atoms with E-state index in [0.29, 0.717) is 19.4 Å². The Morgan fingerprint density at radius 1 is 1.43 bits per heavy atom. The predicted octanol–water partition coefficient (Wildman–Crippen LogP) is 2.08. The standard InChI is InChI=1S/C14H26F2N2O2S/c1-10(2)21(20)17-8-4-3-5-14(19)18-11-6-7-12(15)13(16)9-11/h9-12,14,17-19H,3-8H2,1-2H3. The molecule has 3 N–H and O–H groups in total. The van der Waals surface area contributed by atoms with Gasteiger partial charge in [-0.25, -0.2) is 8.78 Å². The van der Waals surface area contributed by atoms with E-state index in [-0.39, 0.29) is 17.7 Å². The highest BCUT2D eigenvalue weighted by Gasteiger charge is 2.23. The smallest absolute Gasteiger partial charge is 0.151 e. The van der Waals surface area contributed by atoms with Crippen molar-refractivity contribution in [3.63, 3.8) is 0 Å². The maximum absolute atomic E-state index is 13.1. The number of nitrogens with one attached hydrogen (secondary N) is 2. The number of halogens is 2. The van der Waals surface area contributed by atoms with Gasteiger partial charge in [0.25, 0.3) is 0 Å². The van der Waals surface area contributed by atoms with Crippen LogP contribution < -0.4 is 10.0 Å². The van der Waals surface area contributed by atoms with Crippen molar-refractivity contribution in [2.75, 3.05) is 6.54 Å². The molecular weight excluding hydrogens is 298 g/mol. The third-order valence-electron chi connectivity index (χ3n) is 3.37. The molecule has 21 heavy (non-hydrogen) atoms. The van der Waals surface area contributed by atoms with E-state index < -0.39 is 29.6 Å². The van der Waals surface area contributed by atoms with Gasteiger partial charge in [0.05, 0.1) is 0 Å². The minimum atomic E-state index is -1.49. The number of hydrogen-bond acceptors (Lipinski definition) is 4. The number of unbranched alkanes of at least 4 members (excludes halogenated alkanes) is 1. The van der Waals surface area contributed by atoms with Gasteiger partial charge in [0.2, 0.25) is 0 Å². The summed E-state index contributed by atoms with van der Waals surface area (Å²) in [5.74, 6) is -0.744. The van der Waals surface area contributed by atoms with E-state index in [1.807, 2.05) is 13.8 Å². The van der Waals surface area contributed by atoms with E-state index in [1.54, 1.807) is 0 Å². The molecule has 0 aromatic carbocycles. The number of aliphatic hydroxyl groups excluding tert-OH is 1. The van der Waals surface area contributed by atoms with Gasteiger partial charge in [-0.15, -0.1) is 4.72 Å². The highest BCUT2D eigenvalue weighted by molar-refractivity contribution is 7.90. The molecule has 4 unspecified atom stereocenters. The van der Waals surface area contributed by atoms with E-state index in [4.69, 9.17) is 0 Å². The van der Waals surface area contributed by atoms with Gasteiger partial charge in [0.15, 0.2) is 6.17 Å². The Morgan fingerprint density at radius 2 is 2.14 bits per heavy atom. The second-order valence-corrected chi connectivity index (χ2v) is 7.45. The van der Waals surface area contributed by atoms with Crippen LogP contribution in [-0.2, 0) is 11.4 Å². The van der Waals surface area contributed by atoms with Crippen LogP contribution in [0.15, 0.2) is 11.9 Å². The number of allylic oxidation sites excluding steroid dienone is 1. The summed E-state index contributed by atoms with van der Waals surface area (Å²) in [5, 5.41) is 12.8. The van der Waals surface area contributed by atoms with Crippen molar-refractivity contribution in [2.45, 2.75) is 69.6 Å². The molecular formula is C14H26F2N2O2S. The van der Waals surface area contributed by atoms with Crippen LogP contribution in [0.4, 0.5) is 8.78 Å². The quantitative estimate of drug-likeness (QED) is 0.345. The average molecular weight is 324 g/mol. The van der Waals surface area contributed by atoms with Gasteiger partial charge in [0.1, 0.15) is 17.3 Å². The van der Waals surface area contributed by atoms with Gasteiger partial charge >= 0.3 is 0 Å². The van der Waals surface area contributed by atoms with Crippen molar-refractivity contribution in [2.24, 2.45) is 0 Å². The molecule has 0 aromatic heterocycles. The molecule has 7 heteroatoms. The molecule has 0 saturated heterocycles. The number of aliphatic hydroxyl groups is 1. The molecule has 4 atom stereocenters. The lowest BCUT2D eigenvalue weighted by atomic mass is 10.00. The zero-order valence-electron chi connectivity index (χ0n) is 12.6. The highest BCUT2D eigenvalue weighted by Crippen LogP contribution is 2.22. The fourth-order valence-corrected chi connectivity index (χ4v) is 2.79. The first-order valence-corrected chi connectivity index (χ1v) is 8.71. The number of rotatable bonds is 9. The minimum Gasteiger partial charge on any atom is -0.598 e. The summed E-state index contributed by atoms with van der Waals surface area (Å²) in [5.41, 5.74) is 0. The molecule has 0 aliphatic heterocycles. The van der Waals surface area contributed by atoms with Gasteiger partial charge in [-0.1, -0.05) is 0 Å². The molecule has 0 heterocycles. The molecule has 0 saturated carbocycles. The molecule has 124 valence electrons. The second-order valence-electron chi connectivity index (χ2n) is 5.62. The van der Waals surface area contributed by atoms with Crippen LogP contribution in [0.25, 0.3) is 0 Å². The number of alkyl halides is 1. The Kier molecular flexibility index (Phi) is 8.73. The first kappa shape index (κ1) is 18.8. The lowest BCUT2D eigenvalue weighted by Crippen LogP contribution is -2.39. The molecule has 0 fully saturated rings. The van der Waals surface area contributed by atoms with Crippen molar-refractivity contribution in [3.05, 3.63) is 11.9 Å². The Labute approximate surface area is 128 Å². The van der Waals surface area contributed by atoms with Gasteiger partial charge in [0, 0.05) is 23.9 Å². The molecule has 0 aromatic rings. The Bertz CT molecular complexity index is 332. The van der Waals surface area contributed by atoms with Gasteiger partial charge in [-0.05, 0) is 52.0 Å². The second kappa shape index (κ2) is 9.74. The normalized spacial score (nSPS) is 25.8. The Morgan fingerprint density at radius 3 is 2.76 bits per heavy atom. The molecule has 0 radical (unpaired) electrons. The molecule has 4 nitrogen and oxygen atoms in total. The molecule has 0 bridgehead atoms. The maximum Gasteiger partial charge on any atom is 0.151 e. The van der Waals surface area contributed by atoms with Crippen molar-refractivity contribution < 1.29 is 18.4 Å². The summed E-state index contributed by atoms with van der Waals surface area (Å²) in [6, 6.07) is -0.307. The van der Waals surface area contributed by atoms with Crippen LogP contribution in [0.1, 0.15) is 46.0 Å². The zero-order chi connectivity index (χ0) is 15.8. The Balaban J connectivity index is 2.10. The summed E-state index contributed by atoms with van der Waals surface area (Å²) in [6.45, 7) is 4.41. The molecule has 0 amide bonds. The monoisotopic (exact) mass is 324 g/mol. The molecule has 1 aliphatic carbocycles. The number of hydrogen-bond donors (Lipinski definition) is 3. The first-order valence-electron chi connectivity index (χ1n) is 7.49. The van der Waals surface area contributed by atoms with Crippen molar-refractivity contribution >= 4 is 11.4 Å². The van der Waals surface area contributed by atoms with Crippen LogP contribution in [-0.4, -0.2) is 39.9 Å². The summed E-state index contributed by atoms with van der Waals surface area (Å²) in [7, 11) is 0. The van der Waals surface area contributed by atoms with Crippen LogP contribution in [0.2, 0.25) is 0 Å². The summed E-state index contributed by atoms with van der Waals surface area (Å²) in [6.07, 6.45) is 1.72. The third kappa shape index (κ3) is 7.56. The lowest BCUT2D eigenvalue weighted by Gasteiger charge is -2.24. The van der Waals surface area contributed by atoms with E-state index in [0.717, 1.165) is 12.8 Å². The fraction of sp³-hybridized carbons (Fsp3) is 0.857. The Hall–Kier alpha value is -0.210. The first-order chi connectivity index (χ1) is 9.90. The maximum atomic E-state index is 13.1. The summed E-state index contributed by atoms with van der Waals surface area (Å²) in [4.78, 5) is 0.